The van der Waals surface area contributed by atoms with E-state index in [-0.39, 0.29) is 0 Å². The Morgan fingerprint density at radius 3 is 2.28 bits per heavy atom. The van der Waals surface area contributed by atoms with Crippen LogP contribution in [0.15, 0.2) is 65.8 Å². The monoisotopic (exact) mass is 257 g/mol. The summed E-state index contributed by atoms with van der Waals surface area (Å²) in [6, 6.07) is 17.0. The molecule has 0 unspecified atom stereocenters. The maximum atomic E-state index is 9.03. The number of hydrogen-bond acceptors (Lipinski definition) is 2. The molecule has 90 valence electrons. The molecule has 0 saturated carbocycles. The van der Waals surface area contributed by atoms with Crippen molar-refractivity contribution in [3.63, 3.8) is 0 Å². The summed E-state index contributed by atoms with van der Waals surface area (Å²) >= 11 is 5.81. The molecule has 0 aliphatic carbocycles. The maximum absolute atomic E-state index is 9.03. The Balaban J connectivity index is 2.21. The quantitative estimate of drug-likeness (QED) is 0.498. The molecule has 0 aliphatic rings. The van der Waals surface area contributed by atoms with E-state index >= 15 is 0 Å². The zero-order valence-corrected chi connectivity index (χ0v) is 10.4. The van der Waals surface area contributed by atoms with E-state index in [0.717, 1.165) is 11.1 Å². The van der Waals surface area contributed by atoms with Gasteiger partial charge in [-0.25, -0.2) is 0 Å². The molecule has 0 radical (unpaired) electrons. The molecule has 3 heteroatoms. The highest BCUT2D eigenvalue weighted by Gasteiger charge is 2.00. The van der Waals surface area contributed by atoms with Crippen LogP contribution in [0.25, 0.3) is 6.08 Å². The number of hydrogen-bond donors (Lipinski definition) is 1. The van der Waals surface area contributed by atoms with Crippen molar-refractivity contribution in [2.24, 2.45) is 5.16 Å². The fourth-order valence-corrected chi connectivity index (χ4v) is 1.67. The van der Waals surface area contributed by atoms with Crippen LogP contribution in [0.4, 0.5) is 0 Å². The molecular formula is C15H12ClNO. The molecule has 1 N–H and O–H groups in total. The van der Waals surface area contributed by atoms with Crippen molar-refractivity contribution < 1.29 is 5.21 Å². The molecule has 0 aromatic heterocycles. The molecule has 0 fully saturated rings. The Hall–Kier alpha value is -2.06. The lowest BCUT2D eigenvalue weighted by Crippen LogP contribution is -1.95. The second kappa shape index (κ2) is 6.03. The maximum Gasteiger partial charge on any atom is 0.109 e. The molecule has 0 amide bonds. The lowest BCUT2D eigenvalue weighted by Gasteiger charge is -1.99. The summed E-state index contributed by atoms with van der Waals surface area (Å²) in [4.78, 5) is 0. The third-order valence-corrected chi connectivity index (χ3v) is 2.73. The molecule has 0 atom stereocenters. The predicted molar refractivity (Wildman–Crippen MR) is 75.3 cm³/mol. The number of rotatable bonds is 3. The lowest BCUT2D eigenvalue weighted by molar-refractivity contribution is 0.320. The smallest absolute Gasteiger partial charge is 0.109 e. The van der Waals surface area contributed by atoms with Crippen LogP contribution >= 0.6 is 11.6 Å². The number of oxime groups is 1. The fraction of sp³-hybridized carbons (Fsp3) is 0. The molecule has 2 aromatic carbocycles. The van der Waals surface area contributed by atoms with E-state index < -0.39 is 0 Å². The first-order valence-electron chi connectivity index (χ1n) is 5.51. The third-order valence-electron chi connectivity index (χ3n) is 2.48. The molecule has 0 saturated heterocycles. The van der Waals surface area contributed by atoms with Crippen LogP contribution in [0.5, 0.6) is 0 Å². The topological polar surface area (TPSA) is 32.6 Å². The van der Waals surface area contributed by atoms with Gasteiger partial charge in [0.25, 0.3) is 0 Å². The van der Waals surface area contributed by atoms with Crippen molar-refractivity contribution in [1.82, 2.24) is 0 Å². The number of allylic oxidation sites excluding steroid dienone is 1. The number of nitrogens with zero attached hydrogens (tertiary/aromatic N) is 1. The summed E-state index contributed by atoms with van der Waals surface area (Å²) in [5.74, 6) is 0. The van der Waals surface area contributed by atoms with E-state index in [9.17, 15) is 0 Å². The summed E-state index contributed by atoms with van der Waals surface area (Å²) in [6.07, 6.45) is 3.65. The van der Waals surface area contributed by atoms with Crippen LogP contribution < -0.4 is 0 Å². The summed E-state index contributed by atoms with van der Waals surface area (Å²) in [6.45, 7) is 0. The molecule has 2 aromatic rings. The highest BCUT2D eigenvalue weighted by Crippen LogP contribution is 2.11. The van der Waals surface area contributed by atoms with E-state index in [2.05, 4.69) is 5.16 Å². The average molecular weight is 258 g/mol. The van der Waals surface area contributed by atoms with Crippen molar-refractivity contribution in [2.45, 2.75) is 0 Å². The summed E-state index contributed by atoms with van der Waals surface area (Å²) in [7, 11) is 0. The van der Waals surface area contributed by atoms with Gasteiger partial charge in [-0.05, 0) is 23.8 Å². The predicted octanol–water partition coefficient (Wildman–Crippen LogP) is 4.23. The summed E-state index contributed by atoms with van der Waals surface area (Å²) < 4.78 is 0. The highest BCUT2D eigenvalue weighted by molar-refractivity contribution is 6.30. The second-order valence-corrected chi connectivity index (χ2v) is 4.17. The molecular weight excluding hydrogens is 246 g/mol. The van der Waals surface area contributed by atoms with Crippen LogP contribution in [-0.4, -0.2) is 10.9 Å². The van der Waals surface area contributed by atoms with Crippen molar-refractivity contribution in [3.8, 4) is 0 Å². The molecule has 0 spiro atoms. The SMILES string of the molecule is ON=C(C=Cc1ccccc1)c1ccc(Cl)cc1. The lowest BCUT2D eigenvalue weighted by atomic mass is 10.1. The number of halogens is 1. The summed E-state index contributed by atoms with van der Waals surface area (Å²) in [5, 5.41) is 13.0. The third kappa shape index (κ3) is 3.22. The van der Waals surface area contributed by atoms with Gasteiger partial charge in [0.1, 0.15) is 5.71 Å². The Morgan fingerprint density at radius 1 is 1.00 bits per heavy atom. The first kappa shape index (κ1) is 12.4. The van der Waals surface area contributed by atoms with Crippen molar-refractivity contribution >= 4 is 23.4 Å². The Bertz CT molecular complexity index is 559. The summed E-state index contributed by atoms with van der Waals surface area (Å²) in [5.41, 5.74) is 2.36. The minimum atomic E-state index is 0.496. The van der Waals surface area contributed by atoms with E-state index in [1.807, 2.05) is 48.5 Å². The molecule has 18 heavy (non-hydrogen) atoms. The van der Waals surface area contributed by atoms with Gasteiger partial charge >= 0.3 is 0 Å². The zero-order valence-electron chi connectivity index (χ0n) is 9.62. The van der Waals surface area contributed by atoms with Gasteiger partial charge in [-0.2, -0.15) is 0 Å². The molecule has 2 nitrogen and oxygen atoms in total. The van der Waals surface area contributed by atoms with Gasteiger partial charge in [-0.3, -0.25) is 0 Å². The molecule has 2 rings (SSSR count). The average Bonchev–Trinajstić information content (AvgIpc) is 2.42. The Morgan fingerprint density at radius 2 is 1.67 bits per heavy atom. The van der Waals surface area contributed by atoms with Gasteiger partial charge in [0.05, 0.1) is 0 Å². The van der Waals surface area contributed by atoms with Crippen molar-refractivity contribution in [2.75, 3.05) is 0 Å². The largest absolute Gasteiger partial charge is 0.410 e. The zero-order chi connectivity index (χ0) is 12.8. The number of benzene rings is 2. The van der Waals surface area contributed by atoms with Gasteiger partial charge in [-0.15, -0.1) is 0 Å². The van der Waals surface area contributed by atoms with Gasteiger partial charge < -0.3 is 5.21 Å². The van der Waals surface area contributed by atoms with Crippen molar-refractivity contribution in [3.05, 3.63) is 76.8 Å². The second-order valence-electron chi connectivity index (χ2n) is 3.74. The minimum Gasteiger partial charge on any atom is -0.410 e. The van der Waals surface area contributed by atoms with Crippen LogP contribution in [0.2, 0.25) is 5.02 Å². The fourth-order valence-electron chi connectivity index (χ4n) is 1.55. The van der Waals surface area contributed by atoms with Gasteiger partial charge in [0.15, 0.2) is 0 Å². The van der Waals surface area contributed by atoms with Crippen molar-refractivity contribution in [1.29, 1.82) is 0 Å². The minimum absolute atomic E-state index is 0.496. The van der Waals surface area contributed by atoms with Gasteiger partial charge in [0, 0.05) is 10.6 Å². The van der Waals surface area contributed by atoms with E-state index in [4.69, 9.17) is 16.8 Å². The Kier molecular flexibility index (Phi) is 4.15. The van der Waals surface area contributed by atoms with E-state index in [1.54, 1.807) is 18.2 Å². The molecule has 0 bridgehead atoms. The van der Waals surface area contributed by atoms with E-state index in [1.165, 1.54) is 0 Å². The molecule has 0 heterocycles. The van der Waals surface area contributed by atoms with E-state index in [0.29, 0.717) is 10.7 Å². The van der Waals surface area contributed by atoms with Gasteiger partial charge in [-0.1, -0.05) is 65.3 Å². The first-order valence-corrected chi connectivity index (χ1v) is 5.88. The highest BCUT2D eigenvalue weighted by atomic mass is 35.5. The van der Waals surface area contributed by atoms with Crippen LogP contribution in [0, 0.1) is 0 Å². The first-order chi connectivity index (χ1) is 8.79. The Labute approximate surface area is 111 Å². The normalized spacial score (nSPS) is 11.9. The van der Waals surface area contributed by atoms with Gasteiger partial charge in [0.2, 0.25) is 0 Å². The van der Waals surface area contributed by atoms with Crippen LogP contribution in [-0.2, 0) is 0 Å². The molecule has 0 aliphatic heterocycles. The van der Waals surface area contributed by atoms with Crippen LogP contribution in [0.1, 0.15) is 11.1 Å². The standard InChI is InChI=1S/C15H12ClNO/c16-14-9-7-13(8-10-14)15(17-18)11-6-12-4-2-1-3-5-12/h1-11,18H. The van der Waals surface area contributed by atoms with Crippen LogP contribution in [0.3, 0.4) is 0 Å².